The van der Waals surface area contributed by atoms with Gasteiger partial charge in [0, 0.05) is 40.3 Å². The fourth-order valence-electron chi connectivity index (χ4n) is 4.12. The van der Waals surface area contributed by atoms with E-state index in [1.54, 1.807) is 12.3 Å². The predicted molar refractivity (Wildman–Crippen MR) is 139 cm³/mol. The molecule has 3 aromatic rings. The summed E-state index contributed by atoms with van der Waals surface area (Å²) >= 11 is 10.2. The summed E-state index contributed by atoms with van der Waals surface area (Å²) in [5.74, 6) is 0.440. The van der Waals surface area contributed by atoms with Crippen molar-refractivity contribution in [2.24, 2.45) is 0 Å². The van der Waals surface area contributed by atoms with Crippen molar-refractivity contribution in [3.05, 3.63) is 63.5 Å². The van der Waals surface area contributed by atoms with Gasteiger partial charge in [-0.1, -0.05) is 39.9 Å². The third-order valence-corrected chi connectivity index (χ3v) is 7.66. The average molecular weight is 560 g/mol. The van der Waals surface area contributed by atoms with E-state index in [0.29, 0.717) is 28.1 Å². The number of benzene rings is 1. The molecule has 0 radical (unpaired) electrons. The summed E-state index contributed by atoms with van der Waals surface area (Å²) in [6, 6.07) is 9.50. The van der Waals surface area contributed by atoms with Crippen LogP contribution in [0.2, 0.25) is 0 Å². The van der Waals surface area contributed by atoms with Crippen LogP contribution in [-0.2, 0) is 27.4 Å². The molecule has 10 heteroatoms. The Morgan fingerprint density at radius 2 is 2.24 bits per heavy atom. The van der Waals surface area contributed by atoms with Crippen molar-refractivity contribution in [3.8, 4) is 0 Å². The number of amides is 2. The van der Waals surface area contributed by atoms with E-state index in [1.165, 1.54) is 16.7 Å². The molecule has 2 aliphatic rings. The van der Waals surface area contributed by atoms with Gasteiger partial charge in [0.1, 0.15) is 16.6 Å². The van der Waals surface area contributed by atoms with E-state index in [1.807, 2.05) is 41.1 Å². The number of nitrogens with one attached hydrogen (secondary N) is 1. The van der Waals surface area contributed by atoms with Crippen LogP contribution in [0.3, 0.4) is 0 Å². The number of halogens is 1. The molecule has 2 aromatic heterocycles. The van der Waals surface area contributed by atoms with Crippen LogP contribution in [0.15, 0.2) is 56.6 Å². The summed E-state index contributed by atoms with van der Waals surface area (Å²) < 4.78 is 14.3. The number of ether oxygens (including phenoxy) is 1. The van der Waals surface area contributed by atoms with E-state index in [-0.39, 0.29) is 24.5 Å². The van der Waals surface area contributed by atoms with Crippen molar-refractivity contribution < 1.29 is 18.7 Å². The molecule has 0 unspecified atom stereocenters. The van der Waals surface area contributed by atoms with E-state index >= 15 is 0 Å². The van der Waals surface area contributed by atoms with Gasteiger partial charge in [-0.3, -0.25) is 14.5 Å². The lowest BCUT2D eigenvalue weighted by Gasteiger charge is -2.11. The van der Waals surface area contributed by atoms with E-state index in [2.05, 4.69) is 21.2 Å². The molecule has 7 nitrogen and oxygen atoms in total. The number of carbonyl (C=O) groups excluding carboxylic acids is 2. The highest BCUT2D eigenvalue weighted by molar-refractivity contribution is 9.10. The molecule has 176 valence electrons. The predicted octanol–water partition coefficient (Wildman–Crippen LogP) is 4.69. The second-order valence-corrected chi connectivity index (χ2v) is 10.8. The number of fused-ring (bicyclic) bond motifs is 1. The van der Waals surface area contributed by atoms with Gasteiger partial charge in [0.15, 0.2) is 0 Å². The minimum absolute atomic E-state index is 0.0772. The van der Waals surface area contributed by atoms with Crippen LogP contribution in [0.25, 0.3) is 17.0 Å². The highest BCUT2D eigenvalue weighted by atomic mass is 79.9. The first-order valence-corrected chi connectivity index (χ1v) is 12.9. The molecule has 0 saturated carbocycles. The molecule has 1 atom stereocenters. The number of carbonyl (C=O) groups is 2. The van der Waals surface area contributed by atoms with Gasteiger partial charge >= 0.3 is 0 Å². The Kier molecular flexibility index (Phi) is 6.91. The van der Waals surface area contributed by atoms with Crippen LogP contribution >= 0.6 is 39.9 Å². The molecule has 2 fully saturated rings. The van der Waals surface area contributed by atoms with E-state index < -0.39 is 0 Å². The summed E-state index contributed by atoms with van der Waals surface area (Å²) in [5.41, 5.74) is 1.76. The molecule has 2 aliphatic heterocycles. The molecule has 2 amide bonds. The lowest BCUT2D eigenvalue weighted by Crippen LogP contribution is -2.34. The molecule has 1 N–H and O–H groups in total. The van der Waals surface area contributed by atoms with Crippen molar-refractivity contribution in [1.82, 2.24) is 14.8 Å². The zero-order chi connectivity index (χ0) is 23.7. The third kappa shape index (κ3) is 5.00. The van der Waals surface area contributed by atoms with Gasteiger partial charge in [0.2, 0.25) is 5.91 Å². The first-order chi connectivity index (χ1) is 16.5. The maximum Gasteiger partial charge on any atom is 0.266 e. The summed E-state index contributed by atoms with van der Waals surface area (Å²) in [4.78, 5) is 27.8. The number of hydrogen-bond acceptors (Lipinski definition) is 6. The van der Waals surface area contributed by atoms with Crippen molar-refractivity contribution in [2.45, 2.75) is 32.0 Å². The number of aromatic nitrogens is 1. The lowest BCUT2D eigenvalue weighted by atomic mass is 10.1. The topological polar surface area (TPSA) is 76.7 Å². The Balaban J connectivity index is 1.38. The van der Waals surface area contributed by atoms with Crippen LogP contribution in [0.4, 0.5) is 0 Å². The van der Waals surface area contributed by atoms with E-state index in [4.69, 9.17) is 21.4 Å². The Morgan fingerprint density at radius 3 is 3.00 bits per heavy atom. The largest absolute Gasteiger partial charge is 0.467 e. The van der Waals surface area contributed by atoms with Crippen LogP contribution < -0.4 is 5.32 Å². The van der Waals surface area contributed by atoms with E-state index in [9.17, 15) is 9.59 Å². The first-order valence-electron chi connectivity index (χ1n) is 10.9. The van der Waals surface area contributed by atoms with Gasteiger partial charge in [-0.15, -0.1) is 0 Å². The van der Waals surface area contributed by atoms with Crippen molar-refractivity contribution in [1.29, 1.82) is 0 Å². The summed E-state index contributed by atoms with van der Waals surface area (Å²) in [7, 11) is 0. The number of furan rings is 1. The minimum Gasteiger partial charge on any atom is -0.467 e. The van der Waals surface area contributed by atoms with Gasteiger partial charge in [0.25, 0.3) is 5.91 Å². The average Bonchev–Trinajstić information content (AvgIpc) is 3.60. The van der Waals surface area contributed by atoms with Gasteiger partial charge < -0.3 is 19.0 Å². The minimum atomic E-state index is -0.156. The van der Waals surface area contributed by atoms with Gasteiger partial charge in [-0.05, 0) is 49.2 Å². The molecule has 4 heterocycles. The number of thioether (sulfide) groups is 1. The molecule has 0 bridgehead atoms. The second kappa shape index (κ2) is 10.1. The molecule has 1 aromatic carbocycles. The summed E-state index contributed by atoms with van der Waals surface area (Å²) in [6.45, 7) is 1.76. The summed E-state index contributed by atoms with van der Waals surface area (Å²) in [5, 5.41) is 3.91. The Bertz CT molecular complexity index is 1280. The van der Waals surface area contributed by atoms with Crippen LogP contribution in [0.5, 0.6) is 0 Å². The molecular weight excluding hydrogens is 538 g/mol. The smallest absolute Gasteiger partial charge is 0.266 e. The van der Waals surface area contributed by atoms with Crippen molar-refractivity contribution >= 4 is 73.0 Å². The van der Waals surface area contributed by atoms with Gasteiger partial charge in [0.05, 0.1) is 23.8 Å². The molecular formula is C24H22BrN3O4S2. The number of nitrogens with zero attached hydrogens (tertiary/aromatic N) is 2. The Hall–Kier alpha value is -2.40. The van der Waals surface area contributed by atoms with E-state index in [0.717, 1.165) is 40.4 Å². The highest BCUT2D eigenvalue weighted by Gasteiger charge is 2.33. The summed E-state index contributed by atoms with van der Waals surface area (Å²) in [6.07, 6.45) is 7.43. The maximum absolute atomic E-state index is 13.1. The van der Waals surface area contributed by atoms with Gasteiger partial charge in [-0.2, -0.15) is 0 Å². The molecule has 0 spiro atoms. The monoisotopic (exact) mass is 559 g/mol. The van der Waals surface area contributed by atoms with Crippen LogP contribution in [-0.4, -0.2) is 44.9 Å². The third-order valence-electron chi connectivity index (χ3n) is 5.79. The zero-order valence-corrected chi connectivity index (χ0v) is 21.4. The van der Waals surface area contributed by atoms with Crippen molar-refractivity contribution in [2.75, 3.05) is 13.2 Å². The molecule has 34 heavy (non-hydrogen) atoms. The second-order valence-electron chi connectivity index (χ2n) is 8.16. The molecule has 5 rings (SSSR count). The maximum atomic E-state index is 13.1. The number of hydrogen-bond donors (Lipinski definition) is 1. The van der Waals surface area contributed by atoms with Gasteiger partial charge in [-0.25, -0.2) is 0 Å². The fourth-order valence-corrected chi connectivity index (χ4v) is 5.73. The quantitative estimate of drug-likeness (QED) is 0.334. The first kappa shape index (κ1) is 23.3. The normalized spacial score (nSPS) is 19.6. The Labute approximate surface area is 214 Å². The number of rotatable bonds is 7. The van der Waals surface area contributed by atoms with Crippen LogP contribution in [0.1, 0.15) is 24.2 Å². The SMILES string of the molecule is O=C(Cn1cc(/C=C2\SC(=S)N(Cc3ccco3)C2=O)c2cc(Br)ccc21)NC[C@H]1CCCO1. The standard InChI is InChI=1S/C24H22BrN3O4S2/c25-16-5-6-20-19(10-16)15(12-27(20)14-22(29)26-11-17-3-1-7-31-17)9-21-23(30)28(24(33)34-21)13-18-4-2-8-32-18/h2,4-6,8-10,12,17H,1,3,7,11,13-14H2,(H,26,29)/b21-9-/t17-/m1/s1. The zero-order valence-electron chi connectivity index (χ0n) is 18.2. The van der Waals surface area contributed by atoms with Crippen LogP contribution in [0, 0.1) is 0 Å². The Morgan fingerprint density at radius 1 is 1.35 bits per heavy atom. The molecule has 2 saturated heterocycles. The van der Waals surface area contributed by atoms with Crippen molar-refractivity contribution in [3.63, 3.8) is 0 Å². The number of thiocarbonyl (C=S) groups is 1. The highest BCUT2D eigenvalue weighted by Crippen LogP contribution is 2.35. The lowest BCUT2D eigenvalue weighted by molar-refractivity contribution is -0.123. The fraction of sp³-hybridized carbons (Fsp3) is 0.292. The molecule has 0 aliphatic carbocycles.